The second-order valence-electron chi connectivity index (χ2n) is 9.58. The van der Waals surface area contributed by atoms with E-state index >= 15 is 0 Å². The van der Waals surface area contributed by atoms with Gasteiger partial charge in [-0.1, -0.05) is 37.1 Å². The van der Waals surface area contributed by atoms with Crippen molar-refractivity contribution in [3.63, 3.8) is 0 Å². The zero-order valence-corrected chi connectivity index (χ0v) is 22.1. The molecule has 1 heterocycles. The number of nitrogens with zero attached hydrogens (tertiary/aromatic N) is 3. The van der Waals surface area contributed by atoms with E-state index in [-0.39, 0.29) is 34.8 Å². The van der Waals surface area contributed by atoms with Crippen LogP contribution in [0.1, 0.15) is 63.0 Å². The summed E-state index contributed by atoms with van der Waals surface area (Å²) in [5.41, 5.74) is 13.3. The molecule has 38 heavy (non-hydrogen) atoms. The first-order valence-electron chi connectivity index (χ1n) is 12.3. The number of nitrogens with one attached hydrogen (secondary N) is 1. The van der Waals surface area contributed by atoms with Crippen LogP contribution in [-0.4, -0.2) is 47.1 Å². The molecule has 1 aromatic heterocycles. The highest BCUT2D eigenvalue weighted by molar-refractivity contribution is 7.09. The normalized spacial score (nSPS) is 14.2. The number of hydrogen-bond acceptors (Lipinski definition) is 7. The molecular weight excluding hydrogens is 507 g/mol. The van der Waals surface area contributed by atoms with E-state index in [9.17, 15) is 18.8 Å². The first-order chi connectivity index (χ1) is 18.2. The van der Waals surface area contributed by atoms with E-state index in [1.54, 1.807) is 12.1 Å². The van der Waals surface area contributed by atoms with Crippen molar-refractivity contribution < 1.29 is 18.8 Å². The molecule has 1 aliphatic rings. The SMILES string of the molecule is CN(C)c1ccc([C@@H](C(=O)NC2CCCC2)N(Cc2ccc(F)cc2)C(=O)c2snc(C(N)=O)c2N)cc1. The molecule has 2 aromatic carbocycles. The third-order valence-electron chi connectivity index (χ3n) is 6.67. The van der Waals surface area contributed by atoms with Gasteiger partial charge in [0.2, 0.25) is 5.91 Å². The maximum atomic E-state index is 14.0. The fourth-order valence-corrected chi connectivity index (χ4v) is 5.37. The zero-order valence-electron chi connectivity index (χ0n) is 21.3. The maximum Gasteiger partial charge on any atom is 0.270 e. The smallest absolute Gasteiger partial charge is 0.270 e. The molecule has 1 fully saturated rings. The van der Waals surface area contributed by atoms with Gasteiger partial charge in [-0.2, -0.15) is 4.37 Å². The summed E-state index contributed by atoms with van der Waals surface area (Å²) in [6.45, 7) is -0.0133. The highest BCUT2D eigenvalue weighted by atomic mass is 32.1. The number of rotatable bonds is 9. The Labute approximate surface area is 224 Å². The average Bonchev–Trinajstić information content (AvgIpc) is 3.54. The first-order valence-corrected chi connectivity index (χ1v) is 13.1. The third kappa shape index (κ3) is 5.94. The molecular formula is C27H31FN6O3S. The minimum atomic E-state index is -1.03. The fourth-order valence-electron chi connectivity index (χ4n) is 4.60. The number of anilines is 2. The largest absolute Gasteiger partial charge is 0.395 e. The van der Waals surface area contributed by atoms with Gasteiger partial charge < -0.3 is 26.6 Å². The molecule has 3 amide bonds. The van der Waals surface area contributed by atoms with Crippen LogP contribution in [0.15, 0.2) is 48.5 Å². The van der Waals surface area contributed by atoms with Crippen molar-refractivity contribution in [1.82, 2.24) is 14.6 Å². The molecule has 1 saturated carbocycles. The maximum absolute atomic E-state index is 14.0. The molecule has 0 spiro atoms. The molecule has 1 aliphatic carbocycles. The van der Waals surface area contributed by atoms with Crippen LogP contribution < -0.4 is 21.7 Å². The van der Waals surface area contributed by atoms with E-state index < -0.39 is 23.7 Å². The molecule has 11 heteroatoms. The van der Waals surface area contributed by atoms with Gasteiger partial charge in [-0.25, -0.2) is 4.39 Å². The van der Waals surface area contributed by atoms with Crippen LogP contribution in [0.3, 0.4) is 0 Å². The number of benzene rings is 2. The van der Waals surface area contributed by atoms with Crippen LogP contribution in [0.2, 0.25) is 0 Å². The van der Waals surface area contributed by atoms with Crippen molar-refractivity contribution in [2.45, 2.75) is 44.3 Å². The average molecular weight is 539 g/mol. The molecule has 0 aliphatic heterocycles. The Morgan fingerprint density at radius 3 is 2.26 bits per heavy atom. The standard InChI is InChI=1S/C27H31FN6O3S/c1-33(2)20-13-9-17(10-14-20)23(26(36)31-19-5-3-4-6-19)34(15-16-7-11-18(28)12-8-16)27(37)24-21(29)22(25(30)35)32-38-24/h7-14,19,23H,3-6,15,29H2,1-2H3,(H2,30,35)(H,31,36)/t23-/m0/s1. The van der Waals surface area contributed by atoms with Crippen LogP contribution in [0.4, 0.5) is 15.8 Å². The van der Waals surface area contributed by atoms with Crippen molar-refractivity contribution in [2.75, 3.05) is 24.7 Å². The summed E-state index contributed by atoms with van der Waals surface area (Å²) in [5, 5.41) is 3.11. The van der Waals surface area contributed by atoms with Crippen molar-refractivity contribution in [3.05, 3.63) is 76.0 Å². The van der Waals surface area contributed by atoms with Crippen molar-refractivity contribution in [3.8, 4) is 0 Å². The Balaban J connectivity index is 1.80. The summed E-state index contributed by atoms with van der Waals surface area (Å²) < 4.78 is 17.6. The van der Waals surface area contributed by atoms with E-state index in [4.69, 9.17) is 11.5 Å². The second-order valence-corrected chi connectivity index (χ2v) is 10.3. The minimum absolute atomic E-state index is 0.00416. The number of aromatic nitrogens is 1. The number of hydrogen-bond donors (Lipinski definition) is 3. The predicted molar refractivity (Wildman–Crippen MR) is 145 cm³/mol. The van der Waals surface area contributed by atoms with Gasteiger partial charge in [0.1, 0.15) is 16.7 Å². The van der Waals surface area contributed by atoms with Gasteiger partial charge in [-0.05, 0) is 59.8 Å². The molecule has 0 bridgehead atoms. The van der Waals surface area contributed by atoms with Gasteiger partial charge in [0.15, 0.2) is 5.69 Å². The van der Waals surface area contributed by atoms with Gasteiger partial charge >= 0.3 is 0 Å². The lowest BCUT2D eigenvalue weighted by Gasteiger charge is -2.32. The Hall–Kier alpha value is -3.99. The Kier molecular flexibility index (Phi) is 8.26. The van der Waals surface area contributed by atoms with Crippen LogP contribution in [0.25, 0.3) is 0 Å². The van der Waals surface area contributed by atoms with Crippen LogP contribution in [0.5, 0.6) is 0 Å². The minimum Gasteiger partial charge on any atom is -0.395 e. The molecule has 1 atom stereocenters. The number of nitrogens with two attached hydrogens (primary N) is 2. The highest BCUT2D eigenvalue weighted by Crippen LogP contribution is 2.32. The van der Waals surface area contributed by atoms with E-state index in [1.165, 1.54) is 17.0 Å². The van der Waals surface area contributed by atoms with Gasteiger partial charge in [-0.3, -0.25) is 14.4 Å². The summed E-state index contributed by atoms with van der Waals surface area (Å²) in [5.74, 6) is -2.18. The lowest BCUT2D eigenvalue weighted by Crippen LogP contribution is -2.45. The number of carbonyl (C=O) groups is 3. The fraction of sp³-hybridized carbons (Fsp3) is 0.333. The second kappa shape index (κ2) is 11.6. The molecule has 200 valence electrons. The number of carbonyl (C=O) groups excluding carboxylic acids is 3. The summed E-state index contributed by atoms with van der Waals surface area (Å²) in [7, 11) is 3.82. The van der Waals surface area contributed by atoms with Gasteiger partial charge in [-0.15, -0.1) is 0 Å². The van der Waals surface area contributed by atoms with E-state index in [2.05, 4.69) is 9.69 Å². The first kappa shape index (κ1) is 27.1. The summed E-state index contributed by atoms with van der Waals surface area (Å²) in [6, 6.07) is 12.1. The van der Waals surface area contributed by atoms with E-state index in [0.29, 0.717) is 11.1 Å². The molecule has 3 aromatic rings. The van der Waals surface area contributed by atoms with Gasteiger partial charge in [0.25, 0.3) is 11.8 Å². The Bertz CT molecular complexity index is 1300. The van der Waals surface area contributed by atoms with Crippen LogP contribution in [0, 0.1) is 5.82 Å². The topological polar surface area (TPSA) is 135 Å². The molecule has 4 rings (SSSR count). The highest BCUT2D eigenvalue weighted by Gasteiger charge is 2.36. The molecule has 0 saturated heterocycles. The van der Waals surface area contributed by atoms with Crippen molar-refractivity contribution >= 4 is 40.6 Å². The summed E-state index contributed by atoms with van der Waals surface area (Å²) in [6.07, 6.45) is 3.79. The lowest BCUT2D eigenvalue weighted by atomic mass is 10.0. The Morgan fingerprint density at radius 2 is 1.71 bits per heavy atom. The van der Waals surface area contributed by atoms with E-state index in [0.717, 1.165) is 42.9 Å². The number of primary amides is 1. The van der Waals surface area contributed by atoms with Gasteiger partial charge in [0.05, 0.1) is 5.69 Å². The summed E-state index contributed by atoms with van der Waals surface area (Å²) >= 11 is 0.752. The van der Waals surface area contributed by atoms with Crippen molar-refractivity contribution in [1.29, 1.82) is 0 Å². The number of halogens is 1. The molecule has 5 N–H and O–H groups in total. The Morgan fingerprint density at radius 1 is 1.08 bits per heavy atom. The number of nitrogen functional groups attached to an aromatic ring is 1. The lowest BCUT2D eigenvalue weighted by molar-refractivity contribution is -0.126. The van der Waals surface area contributed by atoms with Crippen LogP contribution >= 0.6 is 11.5 Å². The van der Waals surface area contributed by atoms with Crippen LogP contribution in [-0.2, 0) is 11.3 Å². The molecule has 0 radical (unpaired) electrons. The van der Waals surface area contributed by atoms with Gasteiger partial charge in [0, 0.05) is 32.4 Å². The quantitative estimate of drug-likeness (QED) is 0.382. The predicted octanol–water partition coefficient (Wildman–Crippen LogP) is 3.47. The van der Waals surface area contributed by atoms with Crippen molar-refractivity contribution in [2.24, 2.45) is 5.73 Å². The zero-order chi connectivity index (χ0) is 27.4. The molecule has 9 nitrogen and oxygen atoms in total. The molecule has 0 unspecified atom stereocenters. The number of amides is 3. The van der Waals surface area contributed by atoms with E-state index in [1.807, 2.05) is 43.3 Å². The summed E-state index contributed by atoms with van der Waals surface area (Å²) in [4.78, 5) is 42.9. The monoisotopic (exact) mass is 538 g/mol. The third-order valence-corrected chi connectivity index (χ3v) is 7.52.